The second-order valence-electron chi connectivity index (χ2n) is 12.8. The first-order valence-electron chi connectivity index (χ1n) is 35.5. The van der Waals surface area contributed by atoms with Crippen LogP contribution in [-0.2, 0) is 5.41 Å². The first-order valence-corrected chi connectivity index (χ1v) is 17.0. The van der Waals surface area contributed by atoms with Gasteiger partial charge in [-0.3, -0.25) is 0 Å². The molecule has 1 aliphatic rings. The van der Waals surface area contributed by atoms with Crippen LogP contribution in [0, 0.1) is 0 Å². The van der Waals surface area contributed by atoms with Crippen LogP contribution in [0.4, 0.5) is 17.1 Å². The summed E-state index contributed by atoms with van der Waals surface area (Å²) >= 11 is 0. The summed E-state index contributed by atoms with van der Waals surface area (Å²) < 4.78 is 351. The smallest absolute Gasteiger partial charge is 0.143 e. The Labute approximate surface area is 388 Å². The minimum atomic E-state index is -4.09. The van der Waals surface area contributed by atoms with Gasteiger partial charge in [0.05, 0.1) is 42.5 Å². The number of furan rings is 2. The van der Waals surface area contributed by atoms with Gasteiger partial charge >= 0.3 is 0 Å². The van der Waals surface area contributed by atoms with Gasteiger partial charge in [0.15, 0.2) is 0 Å². The van der Waals surface area contributed by atoms with Gasteiger partial charge < -0.3 is 13.7 Å². The molecule has 0 saturated carbocycles. The van der Waals surface area contributed by atoms with Crippen LogP contribution in [0.1, 0.15) is 75.5 Å². The van der Waals surface area contributed by atoms with Crippen molar-refractivity contribution in [2.75, 3.05) is 4.90 Å². The fourth-order valence-corrected chi connectivity index (χ4v) is 7.00. The maximum Gasteiger partial charge on any atom is 0.143 e. The second-order valence-corrected chi connectivity index (χ2v) is 12.8. The average molecular weight is 781 g/mol. The summed E-state index contributed by atoms with van der Waals surface area (Å²) in [6.45, 7) is -8.18. The zero-order valence-electron chi connectivity index (χ0n) is 65.8. The summed E-state index contributed by atoms with van der Waals surface area (Å²) in [5, 5.41) is -4.22. The quantitative estimate of drug-likeness (QED) is 0.174. The highest BCUT2D eigenvalue weighted by atomic mass is 16.3. The third kappa shape index (κ3) is 4.80. The van der Waals surface area contributed by atoms with Gasteiger partial charge in [0.2, 0.25) is 0 Å². The maximum absolute atomic E-state index is 10.3. The van der Waals surface area contributed by atoms with E-state index in [0.29, 0.717) is 0 Å². The number of rotatable bonds is 5. The lowest BCUT2D eigenvalue weighted by Crippen LogP contribution is -2.16. The Hall–Kier alpha value is -7.36. The molecule has 0 amide bonds. The van der Waals surface area contributed by atoms with Crippen LogP contribution < -0.4 is 4.90 Å². The summed E-state index contributed by atoms with van der Waals surface area (Å²) in [6, 6.07) is -35.0. The van der Waals surface area contributed by atoms with Gasteiger partial charge in [-0.1, -0.05) is 147 Å². The van der Waals surface area contributed by atoms with Crippen molar-refractivity contribution < 1.29 is 59.6 Å². The SMILES string of the molecule is [2H]c1c([2H])c([2H])c(-c2c([2H])c3c(oc4c([2H])c([2H])c(N(c5c([2H])c([2H])c(-c6c([2H])c([2H])c([2H])c7c6oc6c([2H])c([2H])c([2H])c([2H])c67)c([2H])c5[2H])c5c([2H])c([2H])c6c(c5[2H])C(C([2H])([2H])[2H])(C([2H])([2H])[2H])c5c([2H])c([2H])c([2H])c([2H])c5-6)c([2H])c43)c3c([2H])c([2H])c([2H])c([2H])c23)c([2H])c1[2H]. The van der Waals surface area contributed by atoms with Crippen molar-refractivity contribution in [3.8, 4) is 33.4 Å². The van der Waals surface area contributed by atoms with Gasteiger partial charge in [-0.2, -0.15) is 0 Å². The highest BCUT2D eigenvalue weighted by Gasteiger charge is 2.35. The molecule has 9 aromatic carbocycles. The molecule has 0 N–H and O–H groups in total. The van der Waals surface area contributed by atoms with E-state index in [0.717, 1.165) is 0 Å². The first-order chi connectivity index (χ1) is 43.9. The summed E-state index contributed by atoms with van der Waals surface area (Å²) in [6.07, 6.45) is 0. The third-order valence-corrected chi connectivity index (χ3v) is 9.57. The number of nitrogens with zero attached hydrogens (tertiary/aromatic N) is 1. The highest BCUT2D eigenvalue weighted by Crippen LogP contribution is 2.51. The molecule has 0 atom stereocenters. The molecule has 2 heterocycles. The van der Waals surface area contributed by atoms with Gasteiger partial charge in [-0.25, -0.2) is 0 Å². The molecular weight excluding hydrogens is 707 g/mol. The predicted molar refractivity (Wildman–Crippen MR) is 242 cm³/mol. The summed E-state index contributed by atoms with van der Waals surface area (Å²) in [7, 11) is 0. The lowest BCUT2D eigenvalue weighted by Gasteiger charge is -2.28. The van der Waals surface area contributed by atoms with Crippen molar-refractivity contribution in [2.24, 2.45) is 0 Å². The number of hydrogen-bond donors (Lipinski definition) is 0. The Morgan fingerprint density at radius 1 is 0.397 bits per heavy atom. The van der Waals surface area contributed by atoms with E-state index in [1.54, 1.807) is 0 Å². The third-order valence-electron chi connectivity index (χ3n) is 9.57. The molecule has 0 bridgehead atoms. The molecule has 3 heteroatoms. The Morgan fingerprint density at radius 2 is 1.00 bits per heavy atom. The van der Waals surface area contributed by atoms with Crippen molar-refractivity contribution >= 4 is 71.7 Å². The lowest BCUT2D eigenvalue weighted by molar-refractivity contribution is 0.660. The number of benzene rings is 9. The Kier molecular flexibility index (Phi) is 2.72. The van der Waals surface area contributed by atoms with Crippen molar-refractivity contribution in [3.05, 3.63) is 198 Å². The van der Waals surface area contributed by atoms with E-state index in [4.69, 9.17) is 41.7 Å². The van der Waals surface area contributed by atoms with Crippen molar-refractivity contribution in [1.29, 1.82) is 0 Å². The standard InChI is InChI=1S/C55H37NO2/c1-55(2)49-21-10-8-16-41(49)42-29-27-38(32-50(42)55)56(36-25-23-35(24-26-36)39-19-12-20-45-43-17-9-11-22-51(43)57-53(39)45)37-28-30-52-47(31-37)48-33-46(34-13-4-3-5-14-34)40-15-6-7-18-44(40)54(48)58-52/h3-33H,1-2H3/i1D3,2D3,3D,4D,5D,6D,7D,8D,9D,10D,11D,12D,13D,14D,15D,16D,17D,18D,19D,20D,21D,22D,23D,24D,25D,26D,27D,28D,29D,30D,31D,32D,33D. The zero-order chi connectivity index (χ0) is 70.5. The normalized spacial score (nSPS) is 22.6. The van der Waals surface area contributed by atoms with Gasteiger partial charge in [0.25, 0.3) is 0 Å². The second kappa shape index (κ2) is 12.3. The Balaban J connectivity index is 1.32. The largest absolute Gasteiger partial charge is 0.455 e. The summed E-state index contributed by atoms with van der Waals surface area (Å²) in [5.41, 5.74) is -19.3. The van der Waals surface area contributed by atoms with E-state index in [1.807, 2.05) is 0 Å². The molecule has 0 aliphatic heterocycles. The number of para-hydroxylation sites is 2. The van der Waals surface area contributed by atoms with Crippen LogP contribution in [0.15, 0.2) is 196 Å². The van der Waals surface area contributed by atoms with Crippen molar-refractivity contribution in [1.82, 2.24) is 0 Å². The van der Waals surface area contributed by atoms with E-state index < -0.39 is 323 Å². The van der Waals surface area contributed by atoms with Crippen LogP contribution in [0.3, 0.4) is 0 Å². The summed E-state index contributed by atoms with van der Waals surface area (Å²) in [5.74, 6) is 0. The average Bonchev–Trinajstić information content (AvgIpc) is 1.52. The number of anilines is 3. The van der Waals surface area contributed by atoms with Gasteiger partial charge in [0, 0.05) is 63.2 Å². The molecule has 2 aromatic heterocycles. The molecule has 0 unspecified atom stereocenters. The predicted octanol–water partition coefficient (Wildman–Crippen LogP) is 15.7. The molecule has 274 valence electrons. The molecule has 0 radical (unpaired) electrons. The minimum Gasteiger partial charge on any atom is -0.455 e. The fourth-order valence-electron chi connectivity index (χ4n) is 7.00. The number of hydrogen-bond acceptors (Lipinski definition) is 3. The van der Waals surface area contributed by atoms with Crippen molar-refractivity contribution in [2.45, 2.75) is 19.1 Å². The van der Waals surface area contributed by atoms with Gasteiger partial charge in [0.1, 0.15) is 22.3 Å². The van der Waals surface area contributed by atoms with Crippen molar-refractivity contribution in [3.63, 3.8) is 0 Å². The first kappa shape index (κ1) is 12.8. The summed E-state index contributed by atoms with van der Waals surface area (Å²) in [4.78, 5) is 0.176. The molecule has 3 nitrogen and oxygen atoms in total. The zero-order valence-corrected chi connectivity index (χ0v) is 28.8. The molecule has 0 spiro atoms. The van der Waals surface area contributed by atoms with E-state index in [9.17, 15) is 17.8 Å². The van der Waals surface area contributed by atoms with Crippen LogP contribution in [0.25, 0.3) is 88.0 Å². The molecule has 1 aliphatic carbocycles. The highest BCUT2D eigenvalue weighted by molar-refractivity contribution is 6.19. The minimum absolute atomic E-state index is 0.176. The molecule has 58 heavy (non-hydrogen) atoms. The maximum atomic E-state index is 10.3. The monoisotopic (exact) mass is 781 g/mol. The van der Waals surface area contributed by atoms with E-state index >= 15 is 0 Å². The van der Waals surface area contributed by atoms with Crippen LogP contribution in [-0.4, -0.2) is 0 Å². The fraction of sp³-hybridized carbons (Fsp3) is 0.0545. The molecule has 0 saturated heterocycles. The van der Waals surface area contributed by atoms with Crippen LogP contribution in [0.5, 0.6) is 0 Å². The molecule has 11 aromatic rings. The van der Waals surface area contributed by atoms with E-state index in [2.05, 4.69) is 0 Å². The van der Waals surface area contributed by atoms with Gasteiger partial charge in [-0.05, 0) is 98.7 Å². The van der Waals surface area contributed by atoms with Crippen LogP contribution >= 0.6 is 0 Å². The van der Waals surface area contributed by atoms with E-state index in [-0.39, 0.29) is 4.90 Å². The Bertz CT molecular complexity index is 5410. The Morgan fingerprint density at radius 3 is 1.86 bits per heavy atom. The molecule has 0 fully saturated rings. The molecule has 12 rings (SSSR count). The lowest BCUT2D eigenvalue weighted by atomic mass is 9.82. The van der Waals surface area contributed by atoms with Gasteiger partial charge in [-0.15, -0.1) is 0 Å². The van der Waals surface area contributed by atoms with Crippen LogP contribution in [0.2, 0.25) is 0 Å². The number of fused-ring (bicyclic) bond motifs is 11. The molecular formula is C55H37NO2. The topological polar surface area (TPSA) is 29.5 Å². The van der Waals surface area contributed by atoms with E-state index in [1.165, 1.54) is 0 Å².